The molecule has 0 amide bonds. The number of para-hydroxylation sites is 1. The SMILES string of the molecule is Oc1cccc2c1-c1nc(-c3cn(-c4c(-c5ccccc5)cccc4-c4ccccc4)c(-c4cccc5ccc(-c6c(-c7ccccc7)cccc6-c6ccccc6)cc45)n3)ccc1CC2. The summed E-state index contributed by atoms with van der Waals surface area (Å²) in [5, 5.41) is 13.4. The molecule has 11 aromatic rings. The molecular weight excluding hydrogens is 803 g/mol. The molecule has 2 heterocycles. The molecule has 0 bridgehead atoms. The summed E-state index contributed by atoms with van der Waals surface area (Å²) in [6, 6.07) is 79.3. The summed E-state index contributed by atoms with van der Waals surface area (Å²) in [6.45, 7) is 0. The highest BCUT2D eigenvalue weighted by molar-refractivity contribution is 6.03. The van der Waals surface area contributed by atoms with E-state index < -0.39 is 0 Å². The first-order valence-corrected chi connectivity index (χ1v) is 22.6. The van der Waals surface area contributed by atoms with Gasteiger partial charge in [0.2, 0.25) is 0 Å². The number of aromatic nitrogens is 3. The van der Waals surface area contributed by atoms with Gasteiger partial charge in [0.05, 0.1) is 17.1 Å². The topological polar surface area (TPSA) is 50.9 Å². The Kier molecular flexibility index (Phi) is 9.76. The molecule has 4 heteroatoms. The normalized spacial score (nSPS) is 11.9. The first-order chi connectivity index (χ1) is 32.7. The van der Waals surface area contributed by atoms with Crippen molar-refractivity contribution in [1.82, 2.24) is 14.5 Å². The quantitative estimate of drug-likeness (QED) is 0.166. The lowest BCUT2D eigenvalue weighted by atomic mass is 9.86. The number of hydrogen-bond donors (Lipinski definition) is 1. The second-order valence-electron chi connectivity index (χ2n) is 17.0. The second-order valence-corrected chi connectivity index (χ2v) is 17.0. The Morgan fingerprint density at radius 3 is 1.53 bits per heavy atom. The molecule has 12 rings (SSSR count). The van der Waals surface area contributed by atoms with Gasteiger partial charge in [-0.1, -0.05) is 206 Å². The third-order valence-electron chi connectivity index (χ3n) is 13.1. The van der Waals surface area contributed by atoms with Crippen molar-refractivity contribution in [2.24, 2.45) is 0 Å². The van der Waals surface area contributed by atoms with Crippen molar-refractivity contribution >= 4 is 10.8 Å². The van der Waals surface area contributed by atoms with Gasteiger partial charge < -0.3 is 5.11 Å². The monoisotopic (exact) mass is 845 g/mol. The molecule has 0 saturated heterocycles. The first-order valence-electron chi connectivity index (χ1n) is 22.6. The number of nitrogens with zero attached hydrogens (tertiary/aromatic N) is 3. The molecule has 0 unspecified atom stereocenters. The summed E-state index contributed by atoms with van der Waals surface area (Å²) in [5.74, 6) is 1.06. The fourth-order valence-corrected chi connectivity index (χ4v) is 9.96. The predicted octanol–water partition coefficient (Wildman–Crippen LogP) is 15.6. The Balaban J connectivity index is 1.14. The number of rotatable bonds is 8. The van der Waals surface area contributed by atoms with Crippen molar-refractivity contribution in [3.8, 4) is 101 Å². The van der Waals surface area contributed by atoms with Gasteiger partial charge in [-0.2, -0.15) is 0 Å². The molecule has 0 fully saturated rings. The second kappa shape index (κ2) is 16.5. The van der Waals surface area contributed by atoms with Crippen molar-refractivity contribution < 1.29 is 5.11 Å². The van der Waals surface area contributed by atoms with Crippen molar-refractivity contribution in [2.45, 2.75) is 12.8 Å². The van der Waals surface area contributed by atoms with E-state index in [0.29, 0.717) is 0 Å². The molecule has 1 N–H and O–H groups in total. The zero-order valence-electron chi connectivity index (χ0n) is 36.1. The van der Waals surface area contributed by atoms with Crippen LogP contribution in [-0.4, -0.2) is 19.6 Å². The van der Waals surface area contributed by atoms with Crippen LogP contribution in [0, 0.1) is 0 Å². The number of phenolic OH excluding ortho intramolecular Hbond substituents is 1. The molecule has 312 valence electrons. The van der Waals surface area contributed by atoms with Crippen LogP contribution in [-0.2, 0) is 12.8 Å². The molecule has 1 aliphatic carbocycles. The van der Waals surface area contributed by atoms with Crippen LogP contribution in [0.25, 0.3) is 106 Å². The summed E-state index contributed by atoms with van der Waals surface area (Å²) >= 11 is 0. The number of hydrogen-bond acceptors (Lipinski definition) is 3. The van der Waals surface area contributed by atoms with Gasteiger partial charge in [0, 0.05) is 28.5 Å². The van der Waals surface area contributed by atoms with Gasteiger partial charge >= 0.3 is 0 Å². The van der Waals surface area contributed by atoms with E-state index in [2.05, 4.69) is 223 Å². The van der Waals surface area contributed by atoms with Crippen molar-refractivity contribution in [3.63, 3.8) is 0 Å². The molecule has 2 aromatic heterocycles. The van der Waals surface area contributed by atoms with E-state index in [1.165, 1.54) is 27.8 Å². The van der Waals surface area contributed by atoms with Crippen LogP contribution in [0.5, 0.6) is 5.75 Å². The molecule has 0 saturated carbocycles. The number of aryl methyl sites for hydroxylation is 2. The Morgan fingerprint density at radius 2 is 0.909 bits per heavy atom. The van der Waals surface area contributed by atoms with Gasteiger partial charge in [0.1, 0.15) is 17.3 Å². The minimum Gasteiger partial charge on any atom is -0.507 e. The zero-order valence-corrected chi connectivity index (χ0v) is 36.1. The van der Waals surface area contributed by atoms with Gasteiger partial charge in [-0.25, -0.2) is 9.97 Å². The van der Waals surface area contributed by atoms with E-state index in [4.69, 9.17) is 9.97 Å². The van der Waals surface area contributed by atoms with Gasteiger partial charge in [-0.15, -0.1) is 0 Å². The highest BCUT2D eigenvalue weighted by atomic mass is 16.3. The van der Waals surface area contributed by atoms with Crippen LogP contribution in [0.15, 0.2) is 231 Å². The van der Waals surface area contributed by atoms with Crippen LogP contribution >= 0.6 is 0 Å². The number of fused-ring (bicyclic) bond motifs is 4. The van der Waals surface area contributed by atoms with Crippen LogP contribution in [0.1, 0.15) is 11.1 Å². The van der Waals surface area contributed by atoms with Crippen molar-refractivity contribution in [3.05, 3.63) is 242 Å². The number of phenols is 1. The van der Waals surface area contributed by atoms with E-state index in [1.54, 1.807) is 6.07 Å². The Labute approximate surface area is 384 Å². The van der Waals surface area contributed by atoms with E-state index in [9.17, 15) is 5.11 Å². The molecule has 4 nitrogen and oxygen atoms in total. The van der Waals surface area contributed by atoms with E-state index in [-0.39, 0.29) is 5.75 Å². The number of aromatic hydroxyl groups is 1. The third kappa shape index (κ3) is 6.88. The predicted molar refractivity (Wildman–Crippen MR) is 271 cm³/mol. The largest absolute Gasteiger partial charge is 0.507 e. The summed E-state index contributed by atoms with van der Waals surface area (Å²) < 4.78 is 2.29. The van der Waals surface area contributed by atoms with Crippen LogP contribution in [0.3, 0.4) is 0 Å². The Bertz CT molecular complexity index is 3460. The fourth-order valence-electron chi connectivity index (χ4n) is 9.96. The van der Waals surface area contributed by atoms with Crippen LogP contribution in [0.2, 0.25) is 0 Å². The van der Waals surface area contributed by atoms with Crippen molar-refractivity contribution in [2.75, 3.05) is 0 Å². The summed E-state index contributed by atoms with van der Waals surface area (Å²) in [5.41, 5.74) is 18.8. The highest BCUT2D eigenvalue weighted by Crippen LogP contribution is 2.45. The molecule has 0 atom stereocenters. The minimum absolute atomic E-state index is 0.254. The lowest BCUT2D eigenvalue weighted by molar-refractivity contribution is 0.476. The van der Waals surface area contributed by atoms with E-state index >= 15 is 0 Å². The van der Waals surface area contributed by atoms with Gasteiger partial charge in [0.15, 0.2) is 0 Å². The lowest BCUT2D eigenvalue weighted by Crippen LogP contribution is -2.06. The molecule has 0 aliphatic heterocycles. The molecule has 9 aromatic carbocycles. The van der Waals surface area contributed by atoms with Crippen LogP contribution in [0.4, 0.5) is 0 Å². The van der Waals surface area contributed by atoms with Crippen molar-refractivity contribution in [1.29, 1.82) is 0 Å². The maximum absolute atomic E-state index is 11.2. The van der Waals surface area contributed by atoms with Gasteiger partial charge in [0.25, 0.3) is 0 Å². The smallest absolute Gasteiger partial charge is 0.145 e. The lowest BCUT2D eigenvalue weighted by Gasteiger charge is -2.20. The summed E-state index contributed by atoms with van der Waals surface area (Å²) in [7, 11) is 0. The maximum Gasteiger partial charge on any atom is 0.145 e. The number of benzene rings is 9. The van der Waals surface area contributed by atoms with Gasteiger partial charge in [-0.05, 0) is 97.4 Å². The Morgan fingerprint density at radius 1 is 0.379 bits per heavy atom. The maximum atomic E-state index is 11.2. The van der Waals surface area contributed by atoms with Crippen LogP contribution < -0.4 is 0 Å². The molecule has 0 radical (unpaired) electrons. The highest BCUT2D eigenvalue weighted by Gasteiger charge is 2.25. The summed E-state index contributed by atoms with van der Waals surface area (Å²) in [6.07, 6.45) is 3.88. The van der Waals surface area contributed by atoms with E-state index in [0.717, 1.165) is 102 Å². The zero-order chi connectivity index (χ0) is 44.0. The third-order valence-corrected chi connectivity index (χ3v) is 13.1. The summed E-state index contributed by atoms with van der Waals surface area (Å²) in [4.78, 5) is 11.0. The Hall–Kier alpha value is -8.60. The fraction of sp³-hybridized carbons (Fsp3) is 0.0323. The molecule has 66 heavy (non-hydrogen) atoms. The van der Waals surface area contributed by atoms with E-state index in [1.807, 2.05) is 6.07 Å². The van der Waals surface area contributed by atoms with Gasteiger partial charge in [-0.3, -0.25) is 4.57 Å². The number of pyridine rings is 1. The average Bonchev–Trinajstić information content (AvgIpc) is 3.83. The molecule has 1 aliphatic rings. The molecular formula is C62H43N3O. The molecule has 0 spiro atoms. The first kappa shape index (κ1) is 39.0. The standard InChI is InChI=1S/C62H43N3O/c66-57-32-14-26-46-34-35-47-37-38-55(63-60(47)59(46)57)56-40-65(61-51(43-21-9-3-10-22-43)29-16-30-52(61)44-23-11-4-12-24-44)62(64-56)53-31-13-25-45-33-36-48(39-54(45)53)58-49(41-17-5-1-6-18-41)27-15-28-50(58)42-19-7-2-8-20-42/h1-33,36-40,66H,34-35H2. The average molecular weight is 846 g/mol. The minimum atomic E-state index is 0.254. The number of imidazole rings is 1.